The van der Waals surface area contributed by atoms with Gasteiger partial charge in [0.05, 0.1) is 0 Å². The van der Waals surface area contributed by atoms with Crippen LogP contribution >= 0.6 is 0 Å². The zero-order chi connectivity index (χ0) is 16.0. The minimum absolute atomic E-state index is 0.358. The maximum atomic E-state index is 12.1. The minimum Gasteiger partial charge on any atom is -0.343 e. The van der Waals surface area contributed by atoms with Crippen molar-refractivity contribution in [3.63, 3.8) is 0 Å². The van der Waals surface area contributed by atoms with Crippen molar-refractivity contribution in [2.24, 2.45) is 0 Å². The lowest BCUT2D eigenvalue weighted by Crippen LogP contribution is -2.33. The Morgan fingerprint density at radius 2 is 1.68 bits per heavy atom. The van der Waals surface area contributed by atoms with Gasteiger partial charge in [0.1, 0.15) is 0 Å². The molecule has 1 amide bonds. The molecule has 0 atom stereocenters. The van der Waals surface area contributed by atoms with E-state index in [1.807, 2.05) is 0 Å². The molecule has 1 saturated carbocycles. The summed E-state index contributed by atoms with van der Waals surface area (Å²) in [5.74, 6) is 0.358. The van der Waals surface area contributed by atoms with Crippen LogP contribution in [0.2, 0.25) is 0 Å². The molecule has 0 saturated heterocycles. The van der Waals surface area contributed by atoms with E-state index in [-0.39, 0.29) is 0 Å². The summed E-state index contributed by atoms with van der Waals surface area (Å²) in [7, 11) is 0. The number of rotatable bonds is 12. The largest absolute Gasteiger partial charge is 0.343 e. The molecule has 3 nitrogen and oxygen atoms in total. The van der Waals surface area contributed by atoms with Gasteiger partial charge < -0.3 is 10.2 Å². The topological polar surface area (TPSA) is 32.3 Å². The highest BCUT2D eigenvalue weighted by Gasteiger charge is 2.13. The molecule has 0 heterocycles. The van der Waals surface area contributed by atoms with Crippen LogP contribution in [0.1, 0.15) is 90.9 Å². The summed E-state index contributed by atoms with van der Waals surface area (Å²) in [6.45, 7) is 7.35. The van der Waals surface area contributed by atoms with Crippen molar-refractivity contribution >= 4 is 5.91 Å². The van der Waals surface area contributed by atoms with Crippen LogP contribution in [0.15, 0.2) is 0 Å². The van der Waals surface area contributed by atoms with Crippen LogP contribution in [-0.4, -0.2) is 36.5 Å². The molecule has 0 aromatic heterocycles. The van der Waals surface area contributed by atoms with Crippen molar-refractivity contribution in [3.05, 3.63) is 0 Å². The van der Waals surface area contributed by atoms with Crippen LogP contribution < -0.4 is 5.32 Å². The molecular formula is C19H38N2O. The third-order valence-electron chi connectivity index (χ3n) is 4.74. The summed E-state index contributed by atoms with van der Waals surface area (Å²) in [5, 5.41) is 3.71. The SMILES string of the molecule is CCCCN(CCCCCNC1CCCCC1)C(=O)CCC. The third kappa shape index (κ3) is 8.77. The number of amides is 1. The molecule has 22 heavy (non-hydrogen) atoms. The van der Waals surface area contributed by atoms with Gasteiger partial charge in [0, 0.05) is 25.6 Å². The van der Waals surface area contributed by atoms with E-state index in [0.717, 1.165) is 44.9 Å². The third-order valence-corrected chi connectivity index (χ3v) is 4.74. The fraction of sp³-hybridized carbons (Fsp3) is 0.947. The van der Waals surface area contributed by atoms with Gasteiger partial charge in [-0.1, -0.05) is 46.0 Å². The van der Waals surface area contributed by atoms with Gasteiger partial charge in [-0.15, -0.1) is 0 Å². The molecule has 1 aliphatic carbocycles. The standard InChI is InChI=1S/C19H38N2O/c1-3-5-16-21(19(22)12-4-2)17-11-7-10-15-20-18-13-8-6-9-14-18/h18,20H,3-17H2,1-2H3. The predicted molar refractivity (Wildman–Crippen MR) is 95.1 cm³/mol. The number of unbranched alkanes of at least 4 members (excludes halogenated alkanes) is 3. The van der Waals surface area contributed by atoms with Gasteiger partial charge in [-0.25, -0.2) is 0 Å². The summed E-state index contributed by atoms with van der Waals surface area (Å²) < 4.78 is 0. The second-order valence-corrected chi connectivity index (χ2v) is 6.83. The lowest BCUT2D eigenvalue weighted by Gasteiger charge is -2.23. The highest BCUT2D eigenvalue weighted by Crippen LogP contribution is 2.17. The molecule has 1 rings (SSSR count). The van der Waals surface area contributed by atoms with E-state index in [1.54, 1.807) is 0 Å². The van der Waals surface area contributed by atoms with E-state index in [2.05, 4.69) is 24.1 Å². The molecule has 0 bridgehead atoms. The van der Waals surface area contributed by atoms with Gasteiger partial charge in [0.2, 0.25) is 5.91 Å². The van der Waals surface area contributed by atoms with E-state index in [4.69, 9.17) is 0 Å². The summed E-state index contributed by atoms with van der Waals surface area (Å²) in [4.78, 5) is 14.2. The quantitative estimate of drug-likeness (QED) is 0.538. The molecule has 3 heteroatoms. The smallest absolute Gasteiger partial charge is 0.222 e. The lowest BCUT2D eigenvalue weighted by atomic mass is 9.95. The molecule has 1 aliphatic rings. The highest BCUT2D eigenvalue weighted by molar-refractivity contribution is 5.76. The van der Waals surface area contributed by atoms with Crippen molar-refractivity contribution in [2.75, 3.05) is 19.6 Å². The molecule has 1 fully saturated rings. The number of nitrogens with one attached hydrogen (secondary N) is 1. The number of hydrogen-bond donors (Lipinski definition) is 1. The molecule has 0 aromatic rings. The van der Waals surface area contributed by atoms with E-state index in [1.165, 1.54) is 51.4 Å². The normalized spacial score (nSPS) is 15.9. The Hall–Kier alpha value is -0.570. The Bertz CT molecular complexity index is 275. The Morgan fingerprint density at radius 3 is 2.36 bits per heavy atom. The molecule has 0 aromatic carbocycles. The first-order valence-electron chi connectivity index (χ1n) is 9.79. The number of carbonyl (C=O) groups is 1. The first-order chi connectivity index (χ1) is 10.8. The van der Waals surface area contributed by atoms with E-state index in [9.17, 15) is 4.79 Å². The Kier molecular flexibility index (Phi) is 11.4. The van der Waals surface area contributed by atoms with Gasteiger partial charge in [0.15, 0.2) is 0 Å². The average Bonchev–Trinajstić information content (AvgIpc) is 2.54. The zero-order valence-corrected chi connectivity index (χ0v) is 15.0. The van der Waals surface area contributed by atoms with Crippen LogP contribution in [0.3, 0.4) is 0 Å². The fourth-order valence-corrected chi connectivity index (χ4v) is 3.30. The Morgan fingerprint density at radius 1 is 0.955 bits per heavy atom. The van der Waals surface area contributed by atoms with Crippen molar-refractivity contribution in [3.8, 4) is 0 Å². The first kappa shape index (κ1) is 19.5. The Labute approximate surface area is 138 Å². The van der Waals surface area contributed by atoms with Crippen LogP contribution in [0, 0.1) is 0 Å². The van der Waals surface area contributed by atoms with Crippen molar-refractivity contribution < 1.29 is 4.79 Å². The van der Waals surface area contributed by atoms with E-state index in [0.29, 0.717) is 12.3 Å². The predicted octanol–water partition coefficient (Wildman–Crippen LogP) is 4.51. The fourth-order valence-electron chi connectivity index (χ4n) is 3.30. The average molecular weight is 311 g/mol. The summed E-state index contributed by atoms with van der Waals surface area (Å²) in [5.41, 5.74) is 0. The monoisotopic (exact) mass is 310 g/mol. The Balaban J connectivity index is 2.06. The van der Waals surface area contributed by atoms with Crippen LogP contribution in [0.25, 0.3) is 0 Å². The van der Waals surface area contributed by atoms with Crippen LogP contribution in [0.5, 0.6) is 0 Å². The maximum Gasteiger partial charge on any atom is 0.222 e. The number of nitrogens with zero attached hydrogens (tertiary/aromatic N) is 1. The zero-order valence-electron chi connectivity index (χ0n) is 15.0. The van der Waals surface area contributed by atoms with Crippen molar-refractivity contribution in [1.82, 2.24) is 10.2 Å². The van der Waals surface area contributed by atoms with Gasteiger partial charge in [0.25, 0.3) is 0 Å². The van der Waals surface area contributed by atoms with E-state index >= 15 is 0 Å². The molecule has 0 spiro atoms. The molecular weight excluding hydrogens is 272 g/mol. The van der Waals surface area contributed by atoms with Crippen LogP contribution in [-0.2, 0) is 4.79 Å². The van der Waals surface area contributed by atoms with Gasteiger partial charge in [-0.2, -0.15) is 0 Å². The van der Waals surface area contributed by atoms with Gasteiger partial charge in [-0.3, -0.25) is 4.79 Å². The van der Waals surface area contributed by atoms with Gasteiger partial charge >= 0.3 is 0 Å². The minimum atomic E-state index is 0.358. The molecule has 130 valence electrons. The number of carbonyl (C=O) groups excluding carboxylic acids is 1. The number of hydrogen-bond acceptors (Lipinski definition) is 2. The molecule has 1 N–H and O–H groups in total. The molecule has 0 aliphatic heterocycles. The van der Waals surface area contributed by atoms with Crippen molar-refractivity contribution in [1.29, 1.82) is 0 Å². The highest BCUT2D eigenvalue weighted by atomic mass is 16.2. The maximum absolute atomic E-state index is 12.1. The van der Waals surface area contributed by atoms with Gasteiger partial charge in [-0.05, 0) is 45.1 Å². The lowest BCUT2D eigenvalue weighted by molar-refractivity contribution is -0.131. The second kappa shape index (κ2) is 12.9. The second-order valence-electron chi connectivity index (χ2n) is 6.83. The first-order valence-corrected chi connectivity index (χ1v) is 9.79. The summed E-state index contributed by atoms with van der Waals surface area (Å²) in [6, 6.07) is 0.779. The van der Waals surface area contributed by atoms with Crippen molar-refractivity contribution in [2.45, 2.75) is 96.9 Å². The summed E-state index contributed by atoms with van der Waals surface area (Å²) >= 11 is 0. The molecule has 0 radical (unpaired) electrons. The van der Waals surface area contributed by atoms with Crippen LogP contribution in [0.4, 0.5) is 0 Å². The van der Waals surface area contributed by atoms with E-state index < -0.39 is 0 Å². The molecule has 0 unspecified atom stereocenters. The summed E-state index contributed by atoms with van der Waals surface area (Å²) in [6.07, 6.45) is 14.6.